The lowest BCUT2D eigenvalue weighted by molar-refractivity contribution is -0.386. The first-order chi connectivity index (χ1) is 9.49. The maximum absolute atomic E-state index is 11.1. The molecule has 0 radical (unpaired) electrons. The van der Waals surface area contributed by atoms with Gasteiger partial charge in [-0.2, -0.15) is 0 Å². The van der Waals surface area contributed by atoms with Crippen molar-refractivity contribution in [3.63, 3.8) is 0 Å². The fourth-order valence-corrected chi connectivity index (χ4v) is 1.59. The van der Waals surface area contributed by atoms with Crippen LogP contribution in [0.5, 0.6) is 11.6 Å². The zero-order chi connectivity index (χ0) is 14.7. The van der Waals surface area contributed by atoms with Crippen molar-refractivity contribution in [2.24, 2.45) is 0 Å². The molecular formula is C13H10N2O5. The average Bonchev–Trinajstić information content (AvgIpc) is 2.38. The summed E-state index contributed by atoms with van der Waals surface area (Å²) in [5.41, 5.74) is 0.351. The van der Waals surface area contributed by atoms with Gasteiger partial charge in [-0.1, -0.05) is 6.07 Å². The summed E-state index contributed by atoms with van der Waals surface area (Å²) < 4.78 is 5.31. The molecule has 0 aliphatic heterocycles. The first-order valence-corrected chi connectivity index (χ1v) is 5.60. The van der Waals surface area contributed by atoms with Crippen molar-refractivity contribution in [1.29, 1.82) is 0 Å². The van der Waals surface area contributed by atoms with E-state index in [0.717, 1.165) is 5.56 Å². The smallest absolute Gasteiger partial charge is 0.339 e. The lowest BCUT2D eigenvalue weighted by Crippen LogP contribution is -2.02. The van der Waals surface area contributed by atoms with Crippen LogP contribution in [0.25, 0.3) is 0 Å². The quantitative estimate of drug-likeness (QED) is 0.679. The highest BCUT2D eigenvalue weighted by Gasteiger charge is 2.19. The molecule has 0 saturated carbocycles. The van der Waals surface area contributed by atoms with Crippen LogP contribution in [-0.2, 0) is 0 Å². The summed E-state index contributed by atoms with van der Waals surface area (Å²) in [6, 6.07) is 7.12. The molecule has 1 aromatic heterocycles. The number of hydrogen-bond acceptors (Lipinski definition) is 5. The van der Waals surface area contributed by atoms with Gasteiger partial charge < -0.3 is 9.84 Å². The van der Waals surface area contributed by atoms with Crippen molar-refractivity contribution in [3.05, 3.63) is 57.8 Å². The van der Waals surface area contributed by atoms with Gasteiger partial charge in [-0.15, -0.1) is 0 Å². The van der Waals surface area contributed by atoms with E-state index in [1.807, 2.05) is 0 Å². The number of aryl methyl sites for hydroxylation is 1. The minimum Gasteiger partial charge on any atom is -0.478 e. The Balaban J connectivity index is 2.47. The second-order valence-corrected chi connectivity index (χ2v) is 3.99. The van der Waals surface area contributed by atoms with Gasteiger partial charge >= 0.3 is 11.7 Å². The van der Waals surface area contributed by atoms with E-state index < -0.39 is 10.9 Å². The van der Waals surface area contributed by atoms with E-state index in [9.17, 15) is 14.9 Å². The number of pyridine rings is 1. The van der Waals surface area contributed by atoms with Crippen LogP contribution in [0.4, 0.5) is 5.69 Å². The highest BCUT2D eigenvalue weighted by atomic mass is 16.6. The topological polar surface area (TPSA) is 103 Å². The number of aromatic nitrogens is 1. The molecule has 0 spiro atoms. The SMILES string of the molecule is Cc1ccc(C(=O)O)c(Oc2ncccc2[N+](=O)[O-])c1. The minimum atomic E-state index is -1.18. The Morgan fingerprint density at radius 2 is 2.15 bits per heavy atom. The van der Waals surface area contributed by atoms with E-state index in [0.29, 0.717) is 0 Å². The van der Waals surface area contributed by atoms with Crippen molar-refractivity contribution in [2.75, 3.05) is 0 Å². The fourth-order valence-electron chi connectivity index (χ4n) is 1.59. The van der Waals surface area contributed by atoms with E-state index >= 15 is 0 Å². The predicted molar refractivity (Wildman–Crippen MR) is 69.1 cm³/mol. The molecular weight excluding hydrogens is 264 g/mol. The Morgan fingerprint density at radius 1 is 1.40 bits per heavy atom. The third-order valence-electron chi connectivity index (χ3n) is 2.52. The first-order valence-electron chi connectivity index (χ1n) is 5.60. The van der Waals surface area contributed by atoms with Crippen molar-refractivity contribution >= 4 is 11.7 Å². The Labute approximate surface area is 113 Å². The number of nitrogens with zero attached hydrogens (tertiary/aromatic N) is 2. The van der Waals surface area contributed by atoms with Crippen LogP contribution in [0.2, 0.25) is 0 Å². The zero-order valence-corrected chi connectivity index (χ0v) is 10.4. The Kier molecular flexibility index (Phi) is 3.60. The van der Waals surface area contributed by atoms with Crippen LogP contribution in [0.1, 0.15) is 15.9 Å². The van der Waals surface area contributed by atoms with E-state index in [1.165, 1.54) is 30.5 Å². The largest absolute Gasteiger partial charge is 0.478 e. The van der Waals surface area contributed by atoms with Crippen LogP contribution in [0, 0.1) is 17.0 Å². The number of hydrogen-bond donors (Lipinski definition) is 1. The van der Waals surface area contributed by atoms with Crippen LogP contribution < -0.4 is 4.74 Å². The van der Waals surface area contributed by atoms with Crippen molar-refractivity contribution < 1.29 is 19.6 Å². The normalized spacial score (nSPS) is 10.1. The summed E-state index contributed by atoms with van der Waals surface area (Å²) in [6.07, 6.45) is 1.33. The molecule has 2 rings (SSSR count). The van der Waals surface area contributed by atoms with Crippen LogP contribution in [0.3, 0.4) is 0 Å². The summed E-state index contributed by atoms with van der Waals surface area (Å²) in [5, 5.41) is 19.9. The van der Waals surface area contributed by atoms with E-state index in [1.54, 1.807) is 13.0 Å². The highest BCUT2D eigenvalue weighted by Crippen LogP contribution is 2.31. The van der Waals surface area contributed by atoms with Gasteiger partial charge in [-0.25, -0.2) is 9.78 Å². The summed E-state index contributed by atoms with van der Waals surface area (Å²) >= 11 is 0. The number of aromatic carboxylic acids is 1. The Hall–Kier alpha value is -2.96. The van der Waals surface area contributed by atoms with Crippen LogP contribution in [0.15, 0.2) is 36.5 Å². The maximum Gasteiger partial charge on any atom is 0.339 e. The Bertz CT molecular complexity index is 684. The summed E-state index contributed by atoms with van der Waals surface area (Å²) in [6.45, 7) is 1.76. The van der Waals surface area contributed by atoms with Gasteiger partial charge in [0.15, 0.2) is 0 Å². The average molecular weight is 274 g/mol. The van der Waals surface area contributed by atoms with Crippen LogP contribution in [-0.4, -0.2) is 21.0 Å². The molecule has 0 unspecified atom stereocenters. The second kappa shape index (κ2) is 5.35. The van der Waals surface area contributed by atoms with Gasteiger partial charge in [0.1, 0.15) is 11.3 Å². The van der Waals surface area contributed by atoms with E-state index in [2.05, 4.69) is 4.98 Å². The maximum atomic E-state index is 11.1. The number of ether oxygens (including phenoxy) is 1. The van der Waals surface area contributed by atoms with Gasteiger partial charge in [-0.05, 0) is 30.7 Å². The van der Waals surface area contributed by atoms with E-state index in [-0.39, 0.29) is 22.9 Å². The van der Waals surface area contributed by atoms with Crippen molar-refractivity contribution in [2.45, 2.75) is 6.92 Å². The lowest BCUT2D eigenvalue weighted by Gasteiger charge is -2.08. The number of rotatable bonds is 4. The van der Waals surface area contributed by atoms with Gasteiger partial charge in [0.25, 0.3) is 5.88 Å². The second-order valence-electron chi connectivity index (χ2n) is 3.99. The molecule has 0 atom stereocenters. The molecule has 7 heteroatoms. The van der Waals surface area contributed by atoms with Gasteiger partial charge in [0.05, 0.1) is 4.92 Å². The van der Waals surface area contributed by atoms with Crippen LogP contribution >= 0.6 is 0 Å². The lowest BCUT2D eigenvalue weighted by atomic mass is 10.1. The number of nitro groups is 1. The van der Waals surface area contributed by atoms with Crippen molar-refractivity contribution in [3.8, 4) is 11.6 Å². The molecule has 102 valence electrons. The third-order valence-corrected chi connectivity index (χ3v) is 2.52. The molecule has 0 amide bonds. The number of benzene rings is 1. The summed E-state index contributed by atoms with van der Waals surface area (Å²) in [4.78, 5) is 25.1. The molecule has 7 nitrogen and oxygen atoms in total. The number of carboxylic acid groups (broad SMARTS) is 1. The first kappa shape index (κ1) is 13.5. The molecule has 0 fully saturated rings. The molecule has 20 heavy (non-hydrogen) atoms. The van der Waals surface area contributed by atoms with Gasteiger partial charge in [0.2, 0.25) is 0 Å². The summed E-state index contributed by atoms with van der Waals surface area (Å²) in [7, 11) is 0. The molecule has 2 aromatic rings. The monoisotopic (exact) mass is 274 g/mol. The molecule has 1 N–H and O–H groups in total. The predicted octanol–water partition coefficient (Wildman–Crippen LogP) is 2.79. The molecule has 0 saturated heterocycles. The molecule has 0 aliphatic rings. The zero-order valence-electron chi connectivity index (χ0n) is 10.4. The number of carboxylic acids is 1. The van der Waals surface area contributed by atoms with Gasteiger partial charge in [-0.3, -0.25) is 10.1 Å². The molecule has 0 bridgehead atoms. The third kappa shape index (κ3) is 2.72. The van der Waals surface area contributed by atoms with E-state index in [4.69, 9.17) is 9.84 Å². The molecule has 0 aliphatic carbocycles. The molecule has 1 heterocycles. The molecule has 1 aromatic carbocycles. The van der Waals surface area contributed by atoms with Crippen molar-refractivity contribution in [1.82, 2.24) is 4.98 Å². The van der Waals surface area contributed by atoms with Gasteiger partial charge in [0, 0.05) is 12.3 Å². The highest BCUT2D eigenvalue weighted by molar-refractivity contribution is 5.91. The number of carbonyl (C=O) groups is 1. The fraction of sp³-hybridized carbons (Fsp3) is 0.0769. The Morgan fingerprint density at radius 3 is 2.80 bits per heavy atom. The minimum absolute atomic E-state index is 0.0132. The summed E-state index contributed by atoms with van der Waals surface area (Å²) in [5.74, 6) is -1.41. The standard InChI is InChI=1S/C13H10N2O5/c1-8-4-5-9(13(16)17)11(7-8)20-12-10(15(18)19)3-2-6-14-12/h2-7H,1H3,(H,16,17).